The van der Waals surface area contributed by atoms with Gasteiger partial charge in [-0.05, 0) is 31.2 Å². The molecule has 0 N–H and O–H groups in total. The lowest BCUT2D eigenvalue weighted by atomic mass is 10.0. The summed E-state index contributed by atoms with van der Waals surface area (Å²) in [5, 5.41) is 0.511. The number of carbonyl (C=O) groups excluding carboxylic acids is 2. The van der Waals surface area contributed by atoms with Crippen LogP contribution in [0.1, 0.15) is 23.7 Å². The van der Waals surface area contributed by atoms with Crippen LogP contribution in [0, 0.1) is 0 Å². The topological polar surface area (TPSA) is 34.1 Å². The Morgan fingerprint density at radius 2 is 1.87 bits per heavy atom. The molecule has 0 spiro atoms. The number of halogens is 2. The lowest BCUT2D eigenvalue weighted by Gasteiger charge is -2.01. The molecule has 1 atom stereocenters. The largest absolute Gasteiger partial charge is 0.296 e. The zero-order chi connectivity index (χ0) is 11.4. The number of carbonyl (C=O) groups is 2. The molecule has 0 aliphatic heterocycles. The molecule has 80 valence electrons. The molecule has 1 aromatic carbocycles. The van der Waals surface area contributed by atoms with E-state index in [0.717, 1.165) is 6.92 Å². The molecule has 1 aromatic rings. The second kappa shape index (κ2) is 5.03. The number of rotatable bonds is 4. The van der Waals surface area contributed by atoms with Crippen molar-refractivity contribution in [1.82, 2.24) is 0 Å². The number of hydrogen-bond acceptors (Lipinski definition) is 2. The Labute approximate surface area is 92.0 Å². The maximum absolute atomic E-state index is 12.5. The highest BCUT2D eigenvalue weighted by Crippen LogP contribution is 2.11. The van der Waals surface area contributed by atoms with Crippen molar-refractivity contribution in [3.63, 3.8) is 0 Å². The first kappa shape index (κ1) is 11.9. The van der Waals surface area contributed by atoms with Gasteiger partial charge in [-0.15, -0.1) is 0 Å². The van der Waals surface area contributed by atoms with Gasteiger partial charge in [0.15, 0.2) is 17.7 Å². The molecule has 1 unspecified atom stereocenters. The molecule has 1 rings (SSSR count). The molecule has 0 aromatic heterocycles. The second-order valence-corrected chi connectivity index (χ2v) is 3.63. The normalized spacial score (nSPS) is 12.2. The predicted octanol–water partition coefficient (Wildman–Crippen LogP) is 2.84. The van der Waals surface area contributed by atoms with Crippen LogP contribution < -0.4 is 0 Å². The summed E-state index contributed by atoms with van der Waals surface area (Å²) < 4.78 is 12.5. The van der Waals surface area contributed by atoms with Crippen LogP contribution in [0.5, 0.6) is 0 Å². The molecule has 0 saturated heterocycles. The minimum atomic E-state index is -1.60. The SMILES string of the molecule is CC(F)C(=O)CC(=O)c1ccc(Cl)cc1. The van der Waals surface area contributed by atoms with Crippen molar-refractivity contribution < 1.29 is 14.0 Å². The smallest absolute Gasteiger partial charge is 0.174 e. The Bertz CT molecular complexity index is 371. The molecular weight excluding hydrogens is 219 g/mol. The van der Waals surface area contributed by atoms with Crippen molar-refractivity contribution in [2.45, 2.75) is 19.5 Å². The third-order valence-electron chi connectivity index (χ3n) is 1.94. The van der Waals surface area contributed by atoms with E-state index in [4.69, 9.17) is 11.6 Å². The van der Waals surface area contributed by atoms with Crippen LogP contribution in [-0.4, -0.2) is 17.7 Å². The molecule has 0 aliphatic rings. The minimum Gasteiger partial charge on any atom is -0.296 e. The van der Waals surface area contributed by atoms with Crippen LogP contribution in [0.15, 0.2) is 24.3 Å². The van der Waals surface area contributed by atoms with Gasteiger partial charge in [0.2, 0.25) is 0 Å². The Hall–Kier alpha value is -1.22. The van der Waals surface area contributed by atoms with E-state index < -0.39 is 18.4 Å². The quantitative estimate of drug-likeness (QED) is 0.587. The molecule has 0 saturated carbocycles. The summed E-state index contributed by atoms with van der Waals surface area (Å²) in [6.45, 7) is 1.12. The van der Waals surface area contributed by atoms with Crippen molar-refractivity contribution in [3.8, 4) is 0 Å². The van der Waals surface area contributed by atoms with E-state index in [9.17, 15) is 14.0 Å². The number of alkyl halides is 1. The fourth-order valence-corrected chi connectivity index (χ4v) is 1.16. The molecule has 0 bridgehead atoms. The number of ketones is 2. The van der Waals surface area contributed by atoms with Gasteiger partial charge in [0.25, 0.3) is 0 Å². The fraction of sp³-hybridized carbons (Fsp3) is 0.273. The number of hydrogen-bond donors (Lipinski definition) is 0. The molecule has 2 nitrogen and oxygen atoms in total. The first-order chi connectivity index (χ1) is 7.00. The summed E-state index contributed by atoms with van der Waals surface area (Å²) in [7, 11) is 0. The number of Topliss-reactive ketones (excluding diaryl/α,β-unsaturated/α-hetero) is 2. The van der Waals surface area contributed by atoms with Crippen LogP contribution >= 0.6 is 11.6 Å². The standard InChI is InChI=1S/C11H10ClFO2/c1-7(13)10(14)6-11(15)8-2-4-9(12)5-3-8/h2-5,7H,6H2,1H3. The van der Waals surface area contributed by atoms with Crippen molar-refractivity contribution in [3.05, 3.63) is 34.9 Å². The highest BCUT2D eigenvalue weighted by molar-refractivity contribution is 6.30. The van der Waals surface area contributed by atoms with E-state index in [1.54, 1.807) is 12.1 Å². The number of benzene rings is 1. The van der Waals surface area contributed by atoms with Gasteiger partial charge >= 0.3 is 0 Å². The van der Waals surface area contributed by atoms with Crippen LogP contribution in [0.2, 0.25) is 5.02 Å². The lowest BCUT2D eigenvalue weighted by molar-refractivity contribution is -0.122. The highest BCUT2D eigenvalue weighted by Gasteiger charge is 2.16. The monoisotopic (exact) mass is 228 g/mol. The minimum absolute atomic E-state index is 0.369. The van der Waals surface area contributed by atoms with Crippen molar-refractivity contribution in [1.29, 1.82) is 0 Å². The average Bonchev–Trinajstić information content (AvgIpc) is 2.18. The van der Waals surface area contributed by atoms with Crippen LogP contribution in [0.25, 0.3) is 0 Å². The summed E-state index contributed by atoms with van der Waals surface area (Å²) in [6, 6.07) is 6.14. The average molecular weight is 229 g/mol. The summed E-state index contributed by atoms with van der Waals surface area (Å²) in [4.78, 5) is 22.4. The Kier molecular flexibility index (Phi) is 3.97. The van der Waals surface area contributed by atoms with E-state index >= 15 is 0 Å². The Morgan fingerprint density at radius 1 is 1.33 bits per heavy atom. The molecular formula is C11H10ClFO2. The van der Waals surface area contributed by atoms with Gasteiger partial charge < -0.3 is 0 Å². The first-order valence-corrected chi connectivity index (χ1v) is 4.84. The lowest BCUT2D eigenvalue weighted by Crippen LogP contribution is -2.16. The molecule has 0 heterocycles. The van der Waals surface area contributed by atoms with E-state index in [-0.39, 0.29) is 5.78 Å². The van der Waals surface area contributed by atoms with E-state index in [1.165, 1.54) is 12.1 Å². The molecule has 0 amide bonds. The molecule has 0 fully saturated rings. The summed E-state index contributed by atoms with van der Waals surface area (Å²) >= 11 is 5.63. The third-order valence-corrected chi connectivity index (χ3v) is 2.20. The van der Waals surface area contributed by atoms with Gasteiger partial charge in [-0.3, -0.25) is 9.59 Å². The highest BCUT2D eigenvalue weighted by atomic mass is 35.5. The van der Waals surface area contributed by atoms with Gasteiger partial charge in [0.1, 0.15) is 0 Å². The zero-order valence-electron chi connectivity index (χ0n) is 8.17. The van der Waals surface area contributed by atoms with Crippen molar-refractivity contribution >= 4 is 23.2 Å². The summed E-state index contributed by atoms with van der Waals surface area (Å²) in [6.07, 6.45) is -2.00. The predicted molar refractivity (Wildman–Crippen MR) is 56.0 cm³/mol. The van der Waals surface area contributed by atoms with Gasteiger partial charge in [-0.1, -0.05) is 11.6 Å². The Morgan fingerprint density at radius 3 is 2.33 bits per heavy atom. The maximum atomic E-state index is 12.5. The summed E-state index contributed by atoms with van der Waals surface area (Å²) in [5.74, 6) is -1.09. The van der Waals surface area contributed by atoms with Gasteiger partial charge in [-0.25, -0.2) is 4.39 Å². The maximum Gasteiger partial charge on any atom is 0.174 e. The molecule has 4 heteroatoms. The van der Waals surface area contributed by atoms with Gasteiger partial charge in [0.05, 0.1) is 6.42 Å². The van der Waals surface area contributed by atoms with Crippen LogP contribution in [0.3, 0.4) is 0 Å². The van der Waals surface area contributed by atoms with Crippen molar-refractivity contribution in [2.75, 3.05) is 0 Å². The van der Waals surface area contributed by atoms with Crippen LogP contribution in [0.4, 0.5) is 4.39 Å². The third kappa shape index (κ3) is 3.44. The van der Waals surface area contributed by atoms with Crippen LogP contribution in [-0.2, 0) is 4.79 Å². The van der Waals surface area contributed by atoms with Gasteiger partial charge in [0, 0.05) is 10.6 Å². The fourth-order valence-electron chi connectivity index (χ4n) is 1.04. The van der Waals surface area contributed by atoms with Crippen molar-refractivity contribution in [2.24, 2.45) is 0 Å². The van der Waals surface area contributed by atoms with E-state index in [0.29, 0.717) is 10.6 Å². The summed E-state index contributed by atoms with van der Waals surface area (Å²) in [5.41, 5.74) is 0.369. The molecule has 0 aliphatic carbocycles. The first-order valence-electron chi connectivity index (χ1n) is 4.46. The second-order valence-electron chi connectivity index (χ2n) is 3.19. The zero-order valence-corrected chi connectivity index (χ0v) is 8.92. The van der Waals surface area contributed by atoms with E-state index in [1.807, 2.05) is 0 Å². The molecule has 0 radical (unpaired) electrons. The molecule has 15 heavy (non-hydrogen) atoms. The Balaban J connectivity index is 2.69. The van der Waals surface area contributed by atoms with Gasteiger partial charge in [-0.2, -0.15) is 0 Å². The van der Waals surface area contributed by atoms with E-state index in [2.05, 4.69) is 0 Å².